The van der Waals surface area contributed by atoms with Crippen LogP contribution >= 0.6 is 0 Å². The average molecular weight is 426 g/mol. The third-order valence-electron chi connectivity index (χ3n) is 6.74. The summed E-state index contributed by atoms with van der Waals surface area (Å²) in [5.74, 6) is 0.849. The Hall–Kier alpha value is -2.90. The Kier molecular flexibility index (Phi) is 4.95. The maximum Gasteiger partial charge on any atom is 0.332 e. The number of benzene rings is 1. The topological polar surface area (TPSA) is 65.1 Å². The predicted octanol–water partition coefficient (Wildman–Crippen LogP) is 2.87. The van der Waals surface area contributed by atoms with E-state index in [2.05, 4.69) is 11.8 Å². The Morgan fingerprint density at radius 1 is 1.06 bits per heavy atom. The number of hydrogen-bond acceptors (Lipinski definition) is 4. The van der Waals surface area contributed by atoms with Gasteiger partial charge in [-0.05, 0) is 36.5 Å². The Balaban J connectivity index is 1.66. The van der Waals surface area contributed by atoms with Crippen molar-refractivity contribution in [1.82, 2.24) is 18.7 Å². The van der Waals surface area contributed by atoms with Gasteiger partial charge >= 0.3 is 5.69 Å². The van der Waals surface area contributed by atoms with E-state index in [4.69, 9.17) is 4.98 Å². The molecule has 0 radical (unpaired) electrons. The summed E-state index contributed by atoms with van der Waals surface area (Å²) < 4.78 is 18.0. The van der Waals surface area contributed by atoms with Crippen LogP contribution in [0.2, 0.25) is 0 Å². The minimum Gasteiger partial charge on any atom is -0.339 e. The lowest BCUT2D eigenvalue weighted by molar-refractivity contribution is 0.354. The summed E-state index contributed by atoms with van der Waals surface area (Å²) in [6.45, 7) is 3.93. The van der Waals surface area contributed by atoms with Crippen molar-refractivity contribution in [3.05, 3.63) is 56.5 Å². The first-order valence-corrected chi connectivity index (χ1v) is 11.1. The highest BCUT2D eigenvalue weighted by Gasteiger charge is 2.33. The van der Waals surface area contributed by atoms with Crippen LogP contribution < -0.4 is 16.1 Å². The Morgan fingerprint density at radius 2 is 1.77 bits per heavy atom. The van der Waals surface area contributed by atoms with Crippen LogP contribution in [0.3, 0.4) is 0 Å². The summed E-state index contributed by atoms with van der Waals surface area (Å²) in [6.07, 6.45) is 6.00. The second kappa shape index (κ2) is 7.66. The number of nitrogens with zero attached hydrogens (tertiary/aromatic N) is 5. The molecule has 1 atom stereocenters. The summed E-state index contributed by atoms with van der Waals surface area (Å²) in [5.41, 5.74) is 0.880. The van der Waals surface area contributed by atoms with E-state index >= 15 is 0 Å². The van der Waals surface area contributed by atoms with Gasteiger partial charge in [-0.1, -0.05) is 38.3 Å². The molecule has 8 heteroatoms. The summed E-state index contributed by atoms with van der Waals surface area (Å²) in [5, 5.41) is 0. The lowest BCUT2D eigenvalue weighted by Crippen LogP contribution is -2.45. The van der Waals surface area contributed by atoms with E-state index in [1.54, 1.807) is 19.2 Å². The molecule has 164 valence electrons. The molecule has 0 saturated heterocycles. The quantitative estimate of drug-likeness (QED) is 0.647. The zero-order chi connectivity index (χ0) is 21.7. The van der Waals surface area contributed by atoms with Gasteiger partial charge in [-0.3, -0.25) is 13.9 Å². The molecule has 1 aliphatic heterocycles. The molecule has 31 heavy (non-hydrogen) atoms. The van der Waals surface area contributed by atoms with Crippen molar-refractivity contribution in [2.75, 3.05) is 11.4 Å². The van der Waals surface area contributed by atoms with Gasteiger partial charge in [0, 0.05) is 26.2 Å². The van der Waals surface area contributed by atoms with E-state index in [1.807, 2.05) is 4.57 Å². The minimum atomic E-state index is -0.408. The van der Waals surface area contributed by atoms with E-state index in [1.165, 1.54) is 40.5 Å². The first-order chi connectivity index (χ1) is 14.9. The number of hydrogen-bond donors (Lipinski definition) is 0. The van der Waals surface area contributed by atoms with Crippen LogP contribution in [0.5, 0.6) is 0 Å². The summed E-state index contributed by atoms with van der Waals surface area (Å²) in [7, 11) is 1.67. The fraction of sp³-hybridized carbons (Fsp3) is 0.522. The second-order valence-electron chi connectivity index (χ2n) is 9.10. The van der Waals surface area contributed by atoms with Gasteiger partial charge in [0.05, 0.1) is 6.54 Å². The number of halogens is 1. The molecule has 2 aliphatic rings. The Labute approximate surface area is 179 Å². The molecule has 0 amide bonds. The van der Waals surface area contributed by atoms with E-state index in [0.717, 1.165) is 25.3 Å². The fourth-order valence-corrected chi connectivity index (χ4v) is 5.16. The number of aromatic nitrogens is 4. The largest absolute Gasteiger partial charge is 0.339 e. The smallest absolute Gasteiger partial charge is 0.332 e. The molecule has 0 unspecified atom stereocenters. The van der Waals surface area contributed by atoms with E-state index in [0.29, 0.717) is 35.2 Å². The molecule has 3 heterocycles. The van der Waals surface area contributed by atoms with Gasteiger partial charge in [0.25, 0.3) is 5.56 Å². The van der Waals surface area contributed by atoms with Crippen molar-refractivity contribution in [1.29, 1.82) is 0 Å². The van der Waals surface area contributed by atoms with Crippen molar-refractivity contribution < 1.29 is 4.39 Å². The minimum absolute atomic E-state index is 0.101. The first kappa shape index (κ1) is 20.0. The van der Waals surface area contributed by atoms with Crippen LogP contribution in [0.15, 0.2) is 33.9 Å². The van der Waals surface area contributed by atoms with Gasteiger partial charge in [-0.2, -0.15) is 4.98 Å². The summed E-state index contributed by atoms with van der Waals surface area (Å²) in [4.78, 5) is 33.7. The van der Waals surface area contributed by atoms with Crippen LogP contribution in [0.4, 0.5) is 10.3 Å². The van der Waals surface area contributed by atoms with Crippen molar-refractivity contribution in [3.63, 3.8) is 0 Å². The van der Waals surface area contributed by atoms with Crippen molar-refractivity contribution in [3.8, 4) is 0 Å². The molecule has 1 aliphatic carbocycles. The molecule has 0 N–H and O–H groups in total. The van der Waals surface area contributed by atoms with Gasteiger partial charge in [0.2, 0.25) is 5.95 Å². The number of anilines is 1. The van der Waals surface area contributed by atoms with Crippen LogP contribution in [0.1, 0.15) is 44.6 Å². The Bertz CT molecular complexity index is 1230. The highest BCUT2D eigenvalue weighted by molar-refractivity contribution is 5.75. The lowest BCUT2D eigenvalue weighted by Gasteiger charge is -2.40. The number of imidazole rings is 1. The van der Waals surface area contributed by atoms with Gasteiger partial charge in [-0.15, -0.1) is 0 Å². The average Bonchev–Trinajstić information content (AvgIpc) is 3.16. The summed E-state index contributed by atoms with van der Waals surface area (Å²) >= 11 is 0. The first-order valence-electron chi connectivity index (χ1n) is 11.1. The standard InChI is InChI=1S/C23H28FN5O2/c1-15-12-27(18-6-4-3-5-7-18)22-25-20-19(28(22)13-15)21(30)29(23(31)26(20)2)14-16-8-10-17(24)11-9-16/h8-11,15,18H,3-7,12-14H2,1-2H3/t15-/m0/s1. The zero-order valence-electron chi connectivity index (χ0n) is 18.1. The predicted molar refractivity (Wildman–Crippen MR) is 118 cm³/mol. The number of fused-ring (bicyclic) bond motifs is 3. The third kappa shape index (κ3) is 3.38. The summed E-state index contributed by atoms with van der Waals surface area (Å²) in [6, 6.07) is 6.32. The highest BCUT2D eigenvalue weighted by Crippen LogP contribution is 2.33. The molecule has 7 nitrogen and oxygen atoms in total. The molecule has 1 fully saturated rings. The normalized spacial score (nSPS) is 19.7. The molecule has 1 saturated carbocycles. The van der Waals surface area contributed by atoms with E-state index < -0.39 is 5.69 Å². The van der Waals surface area contributed by atoms with Crippen LogP contribution in [0, 0.1) is 11.7 Å². The zero-order valence-corrected chi connectivity index (χ0v) is 18.1. The Morgan fingerprint density at radius 3 is 2.48 bits per heavy atom. The van der Waals surface area contributed by atoms with Crippen LogP contribution in [-0.4, -0.2) is 31.3 Å². The molecule has 2 aromatic heterocycles. The van der Waals surface area contributed by atoms with Crippen molar-refractivity contribution in [2.45, 2.75) is 58.2 Å². The number of aryl methyl sites for hydroxylation is 1. The highest BCUT2D eigenvalue weighted by atomic mass is 19.1. The number of rotatable bonds is 3. The van der Waals surface area contributed by atoms with E-state index in [9.17, 15) is 14.0 Å². The molecule has 1 aromatic carbocycles. The van der Waals surface area contributed by atoms with Crippen LogP contribution in [-0.2, 0) is 20.1 Å². The van der Waals surface area contributed by atoms with Gasteiger partial charge in [0.1, 0.15) is 5.82 Å². The maximum absolute atomic E-state index is 13.5. The molecule has 3 aromatic rings. The van der Waals surface area contributed by atoms with Crippen LogP contribution in [0.25, 0.3) is 11.2 Å². The monoisotopic (exact) mass is 425 g/mol. The van der Waals surface area contributed by atoms with Crippen molar-refractivity contribution in [2.24, 2.45) is 13.0 Å². The molecular weight excluding hydrogens is 397 g/mol. The SMILES string of the molecule is C[C@H]1CN(C2CCCCC2)c2nc3c(c(=O)n(Cc4ccc(F)cc4)c(=O)n3C)n2C1. The molecule has 0 spiro atoms. The third-order valence-corrected chi connectivity index (χ3v) is 6.74. The molecule has 5 rings (SSSR count). The van der Waals surface area contributed by atoms with Gasteiger partial charge in [0.15, 0.2) is 11.2 Å². The molecule has 0 bridgehead atoms. The molecular formula is C23H28FN5O2. The lowest BCUT2D eigenvalue weighted by atomic mass is 9.93. The van der Waals surface area contributed by atoms with E-state index in [-0.39, 0.29) is 17.9 Å². The fourth-order valence-electron chi connectivity index (χ4n) is 5.16. The maximum atomic E-state index is 13.5. The van der Waals surface area contributed by atoms with Crippen molar-refractivity contribution >= 4 is 17.1 Å². The second-order valence-corrected chi connectivity index (χ2v) is 9.10. The van der Waals surface area contributed by atoms with Gasteiger partial charge < -0.3 is 9.47 Å². The van der Waals surface area contributed by atoms with Gasteiger partial charge in [-0.25, -0.2) is 9.18 Å².